The summed E-state index contributed by atoms with van der Waals surface area (Å²) in [6.07, 6.45) is 101. The predicted molar refractivity (Wildman–Crippen MR) is 352 cm³/mol. The average Bonchev–Trinajstić information content (AvgIpc) is 3.47. The van der Waals surface area contributed by atoms with Crippen molar-refractivity contribution >= 4 is 17.9 Å². The Balaban J connectivity index is 4.54. The molecule has 0 aromatic heterocycles. The van der Waals surface area contributed by atoms with Crippen LogP contribution in [-0.4, -0.2) is 37.2 Å². The molecule has 0 radical (unpaired) electrons. The molecule has 81 heavy (non-hydrogen) atoms. The van der Waals surface area contributed by atoms with Gasteiger partial charge in [0.05, 0.1) is 0 Å². The lowest BCUT2D eigenvalue weighted by molar-refractivity contribution is -0.166. The summed E-state index contributed by atoms with van der Waals surface area (Å²) in [6.45, 7) is 6.20. The highest BCUT2D eigenvalue weighted by Crippen LogP contribution is 2.15. The van der Waals surface area contributed by atoms with Gasteiger partial charge in [0.25, 0.3) is 0 Å². The molecule has 0 saturated carbocycles. The van der Waals surface area contributed by atoms with E-state index in [-0.39, 0.29) is 31.6 Å². The SMILES string of the molecule is CC/C=C\C/C=C\C/C=C\C/C=C\C/C=C\C/C=C\CCC(=O)OC(COC(=O)CCCCC/C=C\C/C=C\C/C=C\C/C=C\C/C=C\CC)COC(=O)CCCCCCCCCCCCCC/C=C\C/C=C\C/C=C\C/C=C\CC. The van der Waals surface area contributed by atoms with E-state index >= 15 is 0 Å². The van der Waals surface area contributed by atoms with E-state index in [2.05, 4.69) is 191 Å². The van der Waals surface area contributed by atoms with Crippen LogP contribution < -0.4 is 0 Å². The van der Waals surface area contributed by atoms with Crippen molar-refractivity contribution in [2.45, 2.75) is 258 Å². The molecule has 6 heteroatoms. The maximum Gasteiger partial charge on any atom is 0.306 e. The van der Waals surface area contributed by atoms with E-state index in [1.54, 1.807) is 0 Å². The van der Waals surface area contributed by atoms with Crippen molar-refractivity contribution in [3.8, 4) is 0 Å². The molecular weight excluding hydrogens is 997 g/mol. The average molecular weight is 1110 g/mol. The molecule has 452 valence electrons. The van der Waals surface area contributed by atoms with Crippen molar-refractivity contribution in [3.63, 3.8) is 0 Å². The molecule has 0 spiro atoms. The minimum Gasteiger partial charge on any atom is -0.462 e. The first-order valence-electron chi connectivity index (χ1n) is 32.3. The predicted octanol–water partition coefficient (Wildman–Crippen LogP) is 22.4. The molecule has 0 saturated heterocycles. The summed E-state index contributed by atoms with van der Waals surface area (Å²) < 4.78 is 16.8. The lowest BCUT2D eigenvalue weighted by Crippen LogP contribution is -2.30. The molecule has 0 amide bonds. The van der Waals surface area contributed by atoms with Gasteiger partial charge in [0.15, 0.2) is 6.10 Å². The van der Waals surface area contributed by atoms with E-state index in [0.717, 1.165) is 141 Å². The minimum atomic E-state index is -0.845. The Morgan fingerprint density at radius 2 is 0.469 bits per heavy atom. The summed E-state index contributed by atoms with van der Waals surface area (Å²) in [5.74, 6) is -1.05. The zero-order valence-electron chi connectivity index (χ0n) is 51.7. The van der Waals surface area contributed by atoms with Gasteiger partial charge in [-0.2, -0.15) is 0 Å². The molecule has 0 heterocycles. The number of hydrogen-bond donors (Lipinski definition) is 0. The summed E-state index contributed by atoms with van der Waals surface area (Å²) in [7, 11) is 0. The Morgan fingerprint density at radius 1 is 0.247 bits per heavy atom. The maximum absolute atomic E-state index is 12.9. The van der Waals surface area contributed by atoms with Crippen LogP contribution in [0.2, 0.25) is 0 Å². The molecule has 6 nitrogen and oxygen atoms in total. The summed E-state index contributed by atoms with van der Waals surface area (Å²) >= 11 is 0. The van der Waals surface area contributed by atoms with E-state index in [9.17, 15) is 14.4 Å². The quantitative estimate of drug-likeness (QED) is 0.0261. The fourth-order valence-corrected chi connectivity index (χ4v) is 8.19. The highest BCUT2D eigenvalue weighted by Gasteiger charge is 2.19. The number of carbonyl (C=O) groups excluding carboxylic acids is 3. The van der Waals surface area contributed by atoms with Crippen molar-refractivity contribution in [2.24, 2.45) is 0 Å². The van der Waals surface area contributed by atoms with Gasteiger partial charge in [-0.15, -0.1) is 0 Å². The number of carbonyl (C=O) groups is 3. The molecule has 1 unspecified atom stereocenters. The molecular formula is C75H116O6. The fourth-order valence-electron chi connectivity index (χ4n) is 8.19. The highest BCUT2D eigenvalue weighted by atomic mass is 16.6. The van der Waals surface area contributed by atoms with Crippen LogP contribution in [0.5, 0.6) is 0 Å². The largest absolute Gasteiger partial charge is 0.462 e. The third-order valence-corrected chi connectivity index (χ3v) is 12.9. The van der Waals surface area contributed by atoms with E-state index in [4.69, 9.17) is 14.2 Å². The summed E-state index contributed by atoms with van der Waals surface area (Å²) in [4.78, 5) is 38.3. The molecule has 0 bridgehead atoms. The van der Waals surface area contributed by atoms with E-state index in [0.29, 0.717) is 19.3 Å². The molecule has 0 aliphatic heterocycles. The molecule has 0 N–H and O–H groups in total. The number of allylic oxidation sites excluding steroid dienone is 30. The number of hydrogen-bond acceptors (Lipinski definition) is 6. The van der Waals surface area contributed by atoms with Gasteiger partial charge in [-0.05, 0) is 141 Å². The standard InChI is InChI=1S/C75H116O6/c1-4-7-10-13-16-19-22-25-28-31-34-35-36-37-38-39-42-44-47-50-53-56-59-62-65-68-74(77)80-71-72(81-75(78)69-66-63-60-57-54-51-48-45-41-33-30-27-24-21-18-15-12-9-6-3)70-79-73(76)67-64-61-58-55-52-49-46-43-40-32-29-26-23-20-17-14-11-8-5-2/h7-12,16-21,25-30,34-35,40-41,43,45,49,51-52,54,60,63,72H,4-6,13-15,22-24,31-33,36-39,42,44,46-48,50,53,55-59,61-62,64-71H2,1-3H3/b10-7-,11-8-,12-9-,19-16-,20-17-,21-18-,28-25-,29-26-,30-27-,35-34-,43-40-,45-41-,52-49-,54-51-,63-60-. The number of unbranched alkanes of at least 4 members (excludes halogenated alkanes) is 15. The fraction of sp³-hybridized carbons (Fsp3) is 0.560. The molecule has 0 aromatic carbocycles. The summed E-state index contributed by atoms with van der Waals surface area (Å²) in [6, 6.07) is 0. The Morgan fingerprint density at radius 3 is 0.753 bits per heavy atom. The van der Waals surface area contributed by atoms with Crippen LogP contribution in [0.4, 0.5) is 0 Å². The molecule has 0 aliphatic carbocycles. The second kappa shape index (κ2) is 67.0. The molecule has 0 fully saturated rings. The van der Waals surface area contributed by atoms with Crippen LogP contribution in [0.3, 0.4) is 0 Å². The van der Waals surface area contributed by atoms with Gasteiger partial charge in [-0.25, -0.2) is 0 Å². The highest BCUT2D eigenvalue weighted by molar-refractivity contribution is 5.71. The Bertz CT molecular complexity index is 1900. The first kappa shape index (κ1) is 75.5. The van der Waals surface area contributed by atoms with Crippen molar-refractivity contribution < 1.29 is 28.6 Å². The van der Waals surface area contributed by atoms with Gasteiger partial charge in [-0.3, -0.25) is 14.4 Å². The van der Waals surface area contributed by atoms with E-state index in [1.165, 1.54) is 64.2 Å². The third kappa shape index (κ3) is 65.2. The summed E-state index contributed by atoms with van der Waals surface area (Å²) in [5, 5.41) is 0. The van der Waals surface area contributed by atoms with Crippen molar-refractivity contribution in [3.05, 3.63) is 182 Å². The molecule has 0 rings (SSSR count). The van der Waals surface area contributed by atoms with Crippen LogP contribution in [0.15, 0.2) is 182 Å². The van der Waals surface area contributed by atoms with Crippen LogP contribution in [0.25, 0.3) is 0 Å². The number of ether oxygens (including phenoxy) is 3. The Kier molecular flexibility index (Phi) is 62.5. The summed E-state index contributed by atoms with van der Waals surface area (Å²) in [5.41, 5.74) is 0. The third-order valence-electron chi connectivity index (χ3n) is 12.9. The molecule has 1 atom stereocenters. The first-order valence-corrected chi connectivity index (χ1v) is 32.3. The minimum absolute atomic E-state index is 0.129. The maximum atomic E-state index is 12.9. The Hall–Kier alpha value is -5.49. The van der Waals surface area contributed by atoms with Crippen LogP contribution in [-0.2, 0) is 28.6 Å². The van der Waals surface area contributed by atoms with Crippen molar-refractivity contribution in [1.29, 1.82) is 0 Å². The Labute approximate surface area is 497 Å². The van der Waals surface area contributed by atoms with Gasteiger partial charge >= 0.3 is 17.9 Å². The first-order chi connectivity index (χ1) is 40.0. The van der Waals surface area contributed by atoms with E-state index < -0.39 is 12.1 Å². The van der Waals surface area contributed by atoms with Crippen LogP contribution in [0, 0.1) is 0 Å². The van der Waals surface area contributed by atoms with Crippen molar-refractivity contribution in [2.75, 3.05) is 13.2 Å². The smallest absolute Gasteiger partial charge is 0.306 e. The normalized spacial score (nSPS) is 13.4. The van der Waals surface area contributed by atoms with Gasteiger partial charge < -0.3 is 14.2 Å². The van der Waals surface area contributed by atoms with Crippen LogP contribution >= 0.6 is 0 Å². The topological polar surface area (TPSA) is 78.9 Å². The number of rotatable bonds is 56. The molecule has 0 aromatic rings. The zero-order valence-corrected chi connectivity index (χ0v) is 51.7. The zero-order chi connectivity index (χ0) is 58.5. The van der Waals surface area contributed by atoms with Gasteiger partial charge in [0.1, 0.15) is 13.2 Å². The second-order valence-electron chi connectivity index (χ2n) is 20.5. The van der Waals surface area contributed by atoms with Crippen LogP contribution in [0.1, 0.15) is 252 Å². The van der Waals surface area contributed by atoms with Gasteiger partial charge in [0, 0.05) is 19.3 Å². The monoisotopic (exact) mass is 1110 g/mol. The van der Waals surface area contributed by atoms with Crippen molar-refractivity contribution in [1.82, 2.24) is 0 Å². The second-order valence-corrected chi connectivity index (χ2v) is 20.5. The van der Waals surface area contributed by atoms with E-state index in [1.807, 2.05) is 12.2 Å². The lowest BCUT2D eigenvalue weighted by atomic mass is 10.0. The van der Waals surface area contributed by atoms with Gasteiger partial charge in [0.2, 0.25) is 0 Å². The number of esters is 3. The van der Waals surface area contributed by atoms with Gasteiger partial charge in [-0.1, -0.05) is 274 Å². The molecule has 0 aliphatic rings. The lowest BCUT2D eigenvalue weighted by Gasteiger charge is -2.18.